The van der Waals surface area contributed by atoms with Crippen LogP contribution in [0.15, 0.2) is 0 Å². The van der Waals surface area contributed by atoms with E-state index in [0.717, 1.165) is 6.54 Å². The van der Waals surface area contributed by atoms with Gasteiger partial charge in [-0.25, -0.2) is 0 Å². The summed E-state index contributed by atoms with van der Waals surface area (Å²) in [7, 11) is 4.17. The molecule has 0 aromatic carbocycles. The van der Waals surface area contributed by atoms with E-state index in [1.807, 2.05) is 7.05 Å². The number of unbranched alkanes of at least 4 members (excludes halogenated alkanes) is 1. The summed E-state index contributed by atoms with van der Waals surface area (Å²) in [6, 6.07) is 0. The first-order valence-corrected chi connectivity index (χ1v) is 5.55. The fourth-order valence-corrected chi connectivity index (χ4v) is 0.842. The lowest BCUT2D eigenvalue weighted by molar-refractivity contribution is 0.343. The molecule has 0 aliphatic heterocycles. The van der Waals surface area contributed by atoms with Crippen LogP contribution in [0.5, 0.6) is 0 Å². The van der Waals surface area contributed by atoms with Gasteiger partial charge in [0.05, 0.1) is 0 Å². The summed E-state index contributed by atoms with van der Waals surface area (Å²) < 4.78 is 0. The predicted molar refractivity (Wildman–Crippen MR) is 62.3 cm³/mol. The summed E-state index contributed by atoms with van der Waals surface area (Å²) >= 11 is 0. The Hall–Kier alpha value is -0.0800. The Balaban J connectivity index is 0. The van der Waals surface area contributed by atoms with Gasteiger partial charge < -0.3 is 10.2 Å². The Labute approximate surface area is 84.7 Å². The van der Waals surface area contributed by atoms with E-state index in [4.69, 9.17) is 0 Å². The largest absolute Gasteiger partial charge is 0.320 e. The molecule has 0 unspecified atom stereocenters. The monoisotopic (exact) mass is 188 g/mol. The second kappa shape index (κ2) is 14.4. The summed E-state index contributed by atoms with van der Waals surface area (Å²) in [5, 5.41) is 3.14. The molecule has 0 rings (SSSR count). The number of nitrogens with one attached hydrogen (secondary N) is 1. The quantitative estimate of drug-likeness (QED) is 0.644. The lowest BCUT2D eigenvalue weighted by Gasteiger charge is -2.12. The Bertz CT molecular complexity index is 74.5. The van der Waals surface area contributed by atoms with Gasteiger partial charge in [0, 0.05) is 0 Å². The van der Waals surface area contributed by atoms with Gasteiger partial charge in [0.15, 0.2) is 0 Å². The minimum atomic E-state index is 1.15. The van der Waals surface area contributed by atoms with E-state index in [2.05, 4.69) is 38.0 Å². The highest BCUT2D eigenvalue weighted by molar-refractivity contribution is 4.49. The number of nitrogens with zero attached hydrogens (tertiary/aromatic N) is 1. The van der Waals surface area contributed by atoms with Crippen molar-refractivity contribution in [2.45, 2.75) is 40.0 Å². The van der Waals surface area contributed by atoms with Gasteiger partial charge in [-0.2, -0.15) is 0 Å². The maximum Gasteiger partial charge on any atom is -0.00214 e. The van der Waals surface area contributed by atoms with Crippen molar-refractivity contribution < 1.29 is 0 Å². The molecule has 0 amide bonds. The number of hydrogen-bond acceptors (Lipinski definition) is 2. The Kier molecular flexibility index (Phi) is 17.1. The van der Waals surface area contributed by atoms with Crippen molar-refractivity contribution in [2.24, 2.45) is 0 Å². The van der Waals surface area contributed by atoms with Crippen LogP contribution in [0, 0.1) is 0 Å². The maximum absolute atomic E-state index is 3.14. The molecule has 0 aliphatic carbocycles. The fourth-order valence-electron chi connectivity index (χ4n) is 0.842. The molecule has 2 nitrogen and oxygen atoms in total. The third-order valence-corrected chi connectivity index (χ3v) is 1.76. The van der Waals surface area contributed by atoms with Gasteiger partial charge in [-0.05, 0) is 46.6 Å². The zero-order chi connectivity index (χ0) is 10.5. The van der Waals surface area contributed by atoms with Gasteiger partial charge in [0.1, 0.15) is 0 Å². The van der Waals surface area contributed by atoms with Crippen LogP contribution in [0.3, 0.4) is 0 Å². The third kappa shape index (κ3) is 18.7. The molecule has 0 atom stereocenters. The Morgan fingerprint density at radius 2 is 1.62 bits per heavy atom. The Morgan fingerprint density at radius 3 is 2.00 bits per heavy atom. The molecular formula is C11H28N2. The molecular weight excluding hydrogens is 160 g/mol. The van der Waals surface area contributed by atoms with Crippen LogP contribution >= 0.6 is 0 Å². The van der Waals surface area contributed by atoms with Crippen LogP contribution in [0.2, 0.25) is 0 Å². The minimum absolute atomic E-state index is 1.15. The van der Waals surface area contributed by atoms with E-state index in [0.29, 0.717) is 0 Å². The van der Waals surface area contributed by atoms with Crippen molar-refractivity contribution in [2.75, 3.05) is 33.7 Å². The molecule has 0 aliphatic rings. The second-order valence-electron chi connectivity index (χ2n) is 3.41. The van der Waals surface area contributed by atoms with Crippen LogP contribution < -0.4 is 5.32 Å². The van der Waals surface area contributed by atoms with E-state index in [-0.39, 0.29) is 0 Å². The standard InChI is InChI=1S/C8H20N2.C3H8/c1-4-10(3)8-6-5-7-9-2;1-3-2/h9H,4-8H2,1-3H3;3H2,1-2H3. The van der Waals surface area contributed by atoms with E-state index in [9.17, 15) is 0 Å². The van der Waals surface area contributed by atoms with Gasteiger partial charge in [0.25, 0.3) is 0 Å². The molecule has 2 heteroatoms. The molecule has 13 heavy (non-hydrogen) atoms. The molecule has 0 bridgehead atoms. The molecule has 82 valence electrons. The number of rotatable bonds is 6. The van der Waals surface area contributed by atoms with Gasteiger partial charge in [-0.1, -0.05) is 27.2 Å². The number of hydrogen-bond donors (Lipinski definition) is 1. The zero-order valence-corrected chi connectivity index (χ0v) is 10.2. The van der Waals surface area contributed by atoms with Crippen molar-refractivity contribution in [3.05, 3.63) is 0 Å². The summed E-state index contributed by atoms with van der Waals surface area (Å²) in [5.41, 5.74) is 0. The fraction of sp³-hybridized carbons (Fsp3) is 1.00. The van der Waals surface area contributed by atoms with Gasteiger partial charge in [-0.3, -0.25) is 0 Å². The SMILES string of the molecule is CCC.CCN(C)CCCCNC. The lowest BCUT2D eigenvalue weighted by atomic mass is 10.3. The highest BCUT2D eigenvalue weighted by Crippen LogP contribution is 1.90. The van der Waals surface area contributed by atoms with Crippen LogP contribution in [-0.4, -0.2) is 38.6 Å². The summed E-state index contributed by atoms with van der Waals surface area (Å²) in [6.07, 6.45) is 3.85. The molecule has 0 fully saturated rings. The molecule has 0 saturated carbocycles. The van der Waals surface area contributed by atoms with Crippen molar-refractivity contribution in [3.63, 3.8) is 0 Å². The van der Waals surface area contributed by atoms with E-state index >= 15 is 0 Å². The van der Waals surface area contributed by atoms with Crippen LogP contribution in [0.4, 0.5) is 0 Å². The van der Waals surface area contributed by atoms with E-state index in [1.54, 1.807) is 0 Å². The summed E-state index contributed by atoms with van der Waals surface area (Å²) in [6.45, 7) is 9.99. The first-order valence-electron chi connectivity index (χ1n) is 5.55. The minimum Gasteiger partial charge on any atom is -0.320 e. The van der Waals surface area contributed by atoms with E-state index in [1.165, 1.54) is 32.4 Å². The van der Waals surface area contributed by atoms with Crippen molar-refractivity contribution in [1.82, 2.24) is 10.2 Å². The topological polar surface area (TPSA) is 15.3 Å². The van der Waals surface area contributed by atoms with Crippen molar-refractivity contribution in [3.8, 4) is 0 Å². The molecule has 0 spiro atoms. The lowest BCUT2D eigenvalue weighted by Crippen LogP contribution is -2.19. The molecule has 0 aromatic rings. The predicted octanol–water partition coefficient (Wildman–Crippen LogP) is 2.35. The zero-order valence-electron chi connectivity index (χ0n) is 10.2. The summed E-state index contributed by atoms with van der Waals surface area (Å²) in [4.78, 5) is 2.34. The van der Waals surface area contributed by atoms with Crippen molar-refractivity contribution >= 4 is 0 Å². The Morgan fingerprint density at radius 1 is 1.08 bits per heavy atom. The van der Waals surface area contributed by atoms with Gasteiger partial charge >= 0.3 is 0 Å². The highest BCUT2D eigenvalue weighted by atomic mass is 15.1. The molecule has 0 radical (unpaired) electrons. The third-order valence-electron chi connectivity index (χ3n) is 1.76. The highest BCUT2D eigenvalue weighted by Gasteiger charge is 1.92. The van der Waals surface area contributed by atoms with E-state index < -0.39 is 0 Å². The summed E-state index contributed by atoms with van der Waals surface area (Å²) in [5.74, 6) is 0. The van der Waals surface area contributed by atoms with Crippen LogP contribution in [-0.2, 0) is 0 Å². The molecule has 0 heterocycles. The smallest absolute Gasteiger partial charge is 0.00214 e. The maximum atomic E-state index is 3.14. The van der Waals surface area contributed by atoms with Crippen molar-refractivity contribution in [1.29, 1.82) is 0 Å². The van der Waals surface area contributed by atoms with Crippen LogP contribution in [0.25, 0.3) is 0 Å². The van der Waals surface area contributed by atoms with Crippen LogP contribution in [0.1, 0.15) is 40.0 Å². The average molecular weight is 188 g/mol. The molecule has 0 saturated heterocycles. The second-order valence-corrected chi connectivity index (χ2v) is 3.41. The first-order chi connectivity index (χ1) is 6.22. The first kappa shape index (κ1) is 15.4. The molecule has 1 N–H and O–H groups in total. The average Bonchev–Trinajstić information content (AvgIpc) is 2.13. The molecule has 0 aromatic heterocycles. The van der Waals surface area contributed by atoms with Gasteiger partial charge in [-0.15, -0.1) is 0 Å². The van der Waals surface area contributed by atoms with Gasteiger partial charge in [0.2, 0.25) is 0 Å². The normalized spacial score (nSPS) is 9.69.